The highest BCUT2D eigenvalue weighted by atomic mass is 79.9. The average Bonchev–Trinajstić information content (AvgIpc) is 2.37. The minimum atomic E-state index is -0.363. The fourth-order valence-electron chi connectivity index (χ4n) is 2.09. The van der Waals surface area contributed by atoms with Crippen LogP contribution in [0.25, 0.3) is 0 Å². The number of hydrogen-bond acceptors (Lipinski definition) is 0. The molecule has 1 atom stereocenters. The molecule has 2 rings (SSSR count). The summed E-state index contributed by atoms with van der Waals surface area (Å²) in [6.45, 7) is 4.10. The predicted octanol–water partition coefficient (Wildman–Crippen LogP) is 5.73. The van der Waals surface area contributed by atoms with Crippen molar-refractivity contribution >= 4 is 27.5 Å². The minimum absolute atomic E-state index is 0.271. The number of benzene rings is 2. The van der Waals surface area contributed by atoms with Crippen molar-refractivity contribution in [3.8, 4) is 0 Å². The van der Waals surface area contributed by atoms with Crippen molar-refractivity contribution < 1.29 is 4.39 Å². The van der Waals surface area contributed by atoms with Crippen LogP contribution in [0.15, 0.2) is 40.9 Å². The maximum atomic E-state index is 14.0. The Morgan fingerprint density at radius 1 is 1.21 bits per heavy atom. The van der Waals surface area contributed by atoms with Crippen molar-refractivity contribution in [2.24, 2.45) is 0 Å². The SMILES string of the molecule is Cc1ccc(C)c(CC(Cl)c2cccc(Br)c2F)c1. The molecule has 0 aromatic heterocycles. The van der Waals surface area contributed by atoms with E-state index in [1.807, 2.05) is 6.92 Å². The van der Waals surface area contributed by atoms with Crippen molar-refractivity contribution in [1.29, 1.82) is 0 Å². The molecule has 0 heterocycles. The van der Waals surface area contributed by atoms with E-state index in [2.05, 4.69) is 41.1 Å². The molecule has 0 radical (unpaired) electrons. The Hall–Kier alpha value is -0.860. The summed E-state index contributed by atoms with van der Waals surface area (Å²) in [4.78, 5) is 0. The summed E-state index contributed by atoms with van der Waals surface area (Å²) < 4.78 is 14.5. The van der Waals surface area contributed by atoms with Gasteiger partial charge in [-0.05, 0) is 53.4 Å². The summed E-state index contributed by atoms with van der Waals surface area (Å²) in [7, 11) is 0. The van der Waals surface area contributed by atoms with Gasteiger partial charge in [0.05, 0.1) is 9.85 Å². The van der Waals surface area contributed by atoms with Gasteiger partial charge in [-0.3, -0.25) is 0 Å². The summed E-state index contributed by atoms with van der Waals surface area (Å²) in [5, 5.41) is -0.363. The van der Waals surface area contributed by atoms with Gasteiger partial charge in [0, 0.05) is 5.56 Å². The molecule has 0 aliphatic heterocycles. The topological polar surface area (TPSA) is 0 Å². The van der Waals surface area contributed by atoms with E-state index < -0.39 is 0 Å². The van der Waals surface area contributed by atoms with Crippen LogP contribution in [0, 0.1) is 19.7 Å². The molecule has 0 spiro atoms. The van der Waals surface area contributed by atoms with Crippen LogP contribution in [0.4, 0.5) is 4.39 Å². The Labute approximate surface area is 126 Å². The zero-order valence-corrected chi connectivity index (χ0v) is 13.2. The molecule has 100 valence electrons. The van der Waals surface area contributed by atoms with Crippen LogP contribution in [-0.2, 0) is 6.42 Å². The van der Waals surface area contributed by atoms with Crippen LogP contribution < -0.4 is 0 Å². The molecule has 0 bridgehead atoms. The number of alkyl halides is 1. The Morgan fingerprint density at radius 2 is 1.95 bits per heavy atom. The third-order valence-corrected chi connectivity index (χ3v) is 4.22. The molecule has 0 fully saturated rings. The van der Waals surface area contributed by atoms with Crippen molar-refractivity contribution in [3.63, 3.8) is 0 Å². The molecule has 0 aliphatic rings. The Balaban J connectivity index is 2.28. The molecule has 3 heteroatoms. The molecular formula is C16H15BrClF. The van der Waals surface area contributed by atoms with Crippen LogP contribution >= 0.6 is 27.5 Å². The molecule has 0 nitrogen and oxygen atoms in total. The van der Waals surface area contributed by atoms with Crippen molar-refractivity contribution in [2.75, 3.05) is 0 Å². The van der Waals surface area contributed by atoms with Crippen LogP contribution in [0.5, 0.6) is 0 Å². The van der Waals surface area contributed by atoms with Crippen LogP contribution in [0.3, 0.4) is 0 Å². The first kappa shape index (κ1) is 14.5. The third kappa shape index (κ3) is 3.37. The number of halogens is 3. The summed E-state index contributed by atoms with van der Waals surface area (Å²) in [5.41, 5.74) is 4.09. The highest BCUT2D eigenvalue weighted by Crippen LogP contribution is 2.31. The second-order valence-electron chi connectivity index (χ2n) is 4.74. The molecule has 2 aromatic carbocycles. The fourth-order valence-corrected chi connectivity index (χ4v) is 2.80. The fraction of sp³-hybridized carbons (Fsp3) is 0.250. The molecule has 0 aliphatic carbocycles. The molecule has 0 saturated carbocycles. The standard InChI is InChI=1S/C16H15BrClF/c1-10-6-7-11(2)12(8-10)9-15(18)13-4-3-5-14(17)16(13)19/h3-8,15H,9H2,1-2H3. The normalized spacial score (nSPS) is 12.5. The number of rotatable bonds is 3. The van der Waals surface area contributed by atoms with E-state index in [1.54, 1.807) is 18.2 Å². The molecule has 0 N–H and O–H groups in total. The van der Waals surface area contributed by atoms with Gasteiger partial charge in [-0.15, -0.1) is 11.6 Å². The van der Waals surface area contributed by atoms with Gasteiger partial charge in [-0.1, -0.05) is 35.9 Å². The highest BCUT2D eigenvalue weighted by molar-refractivity contribution is 9.10. The summed E-state index contributed by atoms with van der Waals surface area (Å²) in [5.74, 6) is -0.271. The van der Waals surface area contributed by atoms with Crippen LogP contribution in [-0.4, -0.2) is 0 Å². The van der Waals surface area contributed by atoms with Gasteiger partial charge in [0.15, 0.2) is 0 Å². The van der Waals surface area contributed by atoms with Gasteiger partial charge in [-0.2, -0.15) is 0 Å². The maximum Gasteiger partial charge on any atom is 0.142 e. The lowest BCUT2D eigenvalue weighted by atomic mass is 9.98. The number of aryl methyl sites for hydroxylation is 2. The van der Waals surface area contributed by atoms with E-state index in [0.717, 1.165) is 0 Å². The lowest BCUT2D eigenvalue weighted by Gasteiger charge is -2.14. The van der Waals surface area contributed by atoms with Crippen LogP contribution in [0.1, 0.15) is 27.6 Å². The van der Waals surface area contributed by atoms with Gasteiger partial charge in [0.25, 0.3) is 0 Å². The van der Waals surface area contributed by atoms with Gasteiger partial charge in [0.2, 0.25) is 0 Å². The van der Waals surface area contributed by atoms with E-state index in [1.165, 1.54) is 16.7 Å². The monoisotopic (exact) mass is 340 g/mol. The van der Waals surface area contributed by atoms with E-state index >= 15 is 0 Å². The lowest BCUT2D eigenvalue weighted by Crippen LogP contribution is -2.01. The van der Waals surface area contributed by atoms with Crippen molar-refractivity contribution in [3.05, 3.63) is 68.9 Å². The number of hydrogen-bond donors (Lipinski definition) is 0. The zero-order chi connectivity index (χ0) is 14.0. The second kappa shape index (κ2) is 6.06. The molecule has 19 heavy (non-hydrogen) atoms. The predicted molar refractivity (Wildman–Crippen MR) is 82.3 cm³/mol. The van der Waals surface area contributed by atoms with E-state index in [4.69, 9.17) is 11.6 Å². The first-order chi connectivity index (χ1) is 8.99. The van der Waals surface area contributed by atoms with Crippen molar-refractivity contribution in [1.82, 2.24) is 0 Å². The first-order valence-electron chi connectivity index (χ1n) is 6.13. The Bertz CT molecular complexity index is 595. The molecule has 0 saturated heterocycles. The molecule has 2 aromatic rings. The second-order valence-corrected chi connectivity index (χ2v) is 6.13. The van der Waals surface area contributed by atoms with Gasteiger partial charge < -0.3 is 0 Å². The van der Waals surface area contributed by atoms with Gasteiger partial charge >= 0.3 is 0 Å². The molecule has 1 unspecified atom stereocenters. The maximum absolute atomic E-state index is 14.0. The van der Waals surface area contributed by atoms with Gasteiger partial charge in [0.1, 0.15) is 5.82 Å². The highest BCUT2D eigenvalue weighted by Gasteiger charge is 2.16. The first-order valence-corrected chi connectivity index (χ1v) is 7.36. The Morgan fingerprint density at radius 3 is 2.68 bits per heavy atom. The Kier molecular flexibility index (Phi) is 4.64. The minimum Gasteiger partial charge on any atom is -0.205 e. The lowest BCUT2D eigenvalue weighted by molar-refractivity contribution is 0.599. The average molecular weight is 342 g/mol. The molecule has 0 amide bonds. The van der Waals surface area contributed by atoms with E-state index in [-0.39, 0.29) is 11.2 Å². The third-order valence-electron chi connectivity index (χ3n) is 3.22. The van der Waals surface area contributed by atoms with Gasteiger partial charge in [-0.25, -0.2) is 4.39 Å². The summed E-state index contributed by atoms with van der Waals surface area (Å²) in [6, 6.07) is 11.5. The zero-order valence-electron chi connectivity index (χ0n) is 10.9. The van der Waals surface area contributed by atoms with E-state index in [9.17, 15) is 4.39 Å². The van der Waals surface area contributed by atoms with E-state index in [0.29, 0.717) is 16.5 Å². The van der Waals surface area contributed by atoms with Crippen molar-refractivity contribution in [2.45, 2.75) is 25.6 Å². The quantitative estimate of drug-likeness (QED) is 0.626. The summed E-state index contributed by atoms with van der Waals surface area (Å²) in [6.07, 6.45) is 0.627. The van der Waals surface area contributed by atoms with Crippen LogP contribution in [0.2, 0.25) is 0 Å². The summed E-state index contributed by atoms with van der Waals surface area (Å²) >= 11 is 9.57. The largest absolute Gasteiger partial charge is 0.205 e. The molecular weight excluding hydrogens is 327 g/mol. The smallest absolute Gasteiger partial charge is 0.142 e.